The van der Waals surface area contributed by atoms with Crippen molar-refractivity contribution in [3.8, 4) is 17.2 Å². The monoisotopic (exact) mass is 364 g/mol. The van der Waals surface area contributed by atoms with Crippen LogP contribution >= 0.6 is 0 Å². The van der Waals surface area contributed by atoms with Gasteiger partial charge in [-0.05, 0) is 31.4 Å². The zero-order valence-electron chi connectivity index (χ0n) is 15.6. The maximum Gasteiger partial charge on any atom is 0.245 e. The highest BCUT2D eigenvalue weighted by atomic mass is 16.5. The van der Waals surface area contributed by atoms with Crippen LogP contribution in [0.2, 0.25) is 0 Å². The molecule has 2 aromatic carbocycles. The molecule has 2 aromatic rings. The van der Waals surface area contributed by atoms with E-state index in [1.54, 1.807) is 12.1 Å². The van der Waals surface area contributed by atoms with E-state index in [1.807, 2.05) is 62.4 Å². The first kappa shape index (κ1) is 20.3. The van der Waals surface area contributed by atoms with Crippen LogP contribution in [-0.4, -0.2) is 30.9 Å². The van der Waals surface area contributed by atoms with Gasteiger partial charge in [-0.3, -0.25) is 9.59 Å². The third-order valence-corrected chi connectivity index (χ3v) is 4.00. The summed E-state index contributed by atoms with van der Waals surface area (Å²) < 4.78 is 5.39. The first-order valence-corrected chi connectivity index (χ1v) is 9.01. The van der Waals surface area contributed by atoms with Crippen molar-refractivity contribution in [2.24, 2.45) is 5.92 Å². The highest BCUT2D eigenvalue weighted by Crippen LogP contribution is 2.20. The maximum absolute atomic E-state index is 12.5. The molecule has 1 amide bonds. The summed E-state index contributed by atoms with van der Waals surface area (Å²) >= 11 is 0. The first-order valence-electron chi connectivity index (χ1n) is 9.01. The molecule has 0 aliphatic rings. The van der Waals surface area contributed by atoms with E-state index in [2.05, 4.69) is 5.32 Å². The number of hydrogen-bond donors (Lipinski definition) is 1. The Kier molecular flexibility index (Phi) is 7.72. The van der Waals surface area contributed by atoms with E-state index in [9.17, 15) is 14.9 Å². The van der Waals surface area contributed by atoms with E-state index < -0.39 is 17.6 Å². The molecule has 0 bridgehead atoms. The van der Waals surface area contributed by atoms with Gasteiger partial charge >= 0.3 is 0 Å². The second kappa shape index (κ2) is 10.2. The Morgan fingerprint density at radius 1 is 1.04 bits per heavy atom. The summed E-state index contributed by atoms with van der Waals surface area (Å²) in [5.41, 5.74) is 2.35. The van der Waals surface area contributed by atoms with Crippen molar-refractivity contribution in [1.29, 1.82) is 5.26 Å². The summed E-state index contributed by atoms with van der Waals surface area (Å²) in [5.74, 6) is -2.41. The molecule has 1 unspecified atom stereocenters. The number of carbonyl (C=O) groups excluding carboxylic acids is 2. The molecule has 2 rings (SSSR count). The molecule has 0 spiro atoms. The van der Waals surface area contributed by atoms with Crippen LogP contribution in [0.25, 0.3) is 11.1 Å². The summed E-state index contributed by atoms with van der Waals surface area (Å²) in [6.07, 6.45) is 0.759. The molecule has 5 nitrogen and oxygen atoms in total. The van der Waals surface area contributed by atoms with Gasteiger partial charge in [-0.2, -0.15) is 5.26 Å². The molecule has 1 N–H and O–H groups in total. The molecule has 1 atom stereocenters. The van der Waals surface area contributed by atoms with Gasteiger partial charge in [0.05, 0.1) is 12.2 Å². The Morgan fingerprint density at radius 2 is 1.67 bits per heavy atom. The van der Waals surface area contributed by atoms with E-state index in [0.29, 0.717) is 25.1 Å². The first-order chi connectivity index (χ1) is 13.0. The van der Waals surface area contributed by atoms with E-state index in [1.165, 1.54) is 0 Å². The number of ether oxygens (including phenoxy) is 1. The number of hydrogen-bond acceptors (Lipinski definition) is 4. The number of ketones is 1. The number of nitrogens with one attached hydrogen (secondary N) is 1. The summed E-state index contributed by atoms with van der Waals surface area (Å²) in [4.78, 5) is 24.7. The van der Waals surface area contributed by atoms with Gasteiger partial charge < -0.3 is 10.1 Å². The van der Waals surface area contributed by atoms with Crippen molar-refractivity contribution < 1.29 is 14.3 Å². The minimum Gasteiger partial charge on any atom is -0.379 e. The Morgan fingerprint density at radius 3 is 2.26 bits per heavy atom. The normalized spacial score (nSPS) is 11.6. The number of benzene rings is 2. The highest BCUT2D eigenvalue weighted by molar-refractivity contribution is 6.12. The van der Waals surface area contributed by atoms with Crippen molar-refractivity contribution in [3.05, 3.63) is 60.2 Å². The van der Waals surface area contributed by atoms with E-state index >= 15 is 0 Å². The molecule has 0 aliphatic heterocycles. The van der Waals surface area contributed by atoms with Crippen LogP contribution in [0.15, 0.2) is 54.6 Å². The second-order valence-corrected chi connectivity index (χ2v) is 6.43. The fraction of sp³-hybridized carbons (Fsp3) is 0.318. The number of rotatable bonds is 9. The second-order valence-electron chi connectivity index (χ2n) is 6.43. The molecule has 27 heavy (non-hydrogen) atoms. The van der Waals surface area contributed by atoms with Gasteiger partial charge in [-0.25, -0.2) is 0 Å². The number of carbonyl (C=O) groups is 2. The van der Waals surface area contributed by atoms with Crippen LogP contribution in [0, 0.1) is 17.2 Å². The van der Waals surface area contributed by atoms with Crippen LogP contribution in [0.1, 0.15) is 30.6 Å². The molecule has 0 radical (unpaired) electrons. The Labute approximate surface area is 160 Å². The van der Waals surface area contributed by atoms with Gasteiger partial charge in [0.1, 0.15) is 0 Å². The third kappa shape index (κ3) is 6.05. The standard InChI is InChI=1S/C22H24N2O3/c1-16(2)27-14-6-13-24-22(26)20(15-23)21(25)19-11-9-18(10-12-19)17-7-4-3-5-8-17/h3-5,7-12,16,20H,6,13-14H2,1-2H3,(H,24,26). The molecule has 5 heteroatoms. The lowest BCUT2D eigenvalue weighted by molar-refractivity contribution is -0.122. The molecule has 0 saturated heterocycles. The minimum atomic E-state index is -1.35. The lowest BCUT2D eigenvalue weighted by Crippen LogP contribution is -2.35. The average molecular weight is 364 g/mol. The van der Waals surface area contributed by atoms with Crippen LogP contribution in [0.3, 0.4) is 0 Å². The van der Waals surface area contributed by atoms with Crippen LogP contribution in [-0.2, 0) is 9.53 Å². The maximum atomic E-state index is 12.5. The topological polar surface area (TPSA) is 79.2 Å². The van der Waals surface area contributed by atoms with E-state index in [0.717, 1.165) is 11.1 Å². The molecular weight excluding hydrogens is 340 g/mol. The van der Waals surface area contributed by atoms with E-state index in [-0.39, 0.29) is 6.10 Å². The van der Waals surface area contributed by atoms with Crippen LogP contribution < -0.4 is 5.32 Å². The number of Topliss-reactive ketones (excluding diaryl/α,β-unsaturated/α-hetero) is 1. The quantitative estimate of drug-likeness (QED) is 0.419. The van der Waals surface area contributed by atoms with Gasteiger partial charge in [-0.1, -0.05) is 54.6 Å². The summed E-state index contributed by atoms with van der Waals surface area (Å²) in [7, 11) is 0. The fourth-order valence-electron chi connectivity index (χ4n) is 2.57. The van der Waals surface area contributed by atoms with Gasteiger partial charge in [-0.15, -0.1) is 0 Å². The molecular formula is C22H24N2O3. The van der Waals surface area contributed by atoms with Crippen molar-refractivity contribution in [1.82, 2.24) is 5.32 Å². The minimum absolute atomic E-state index is 0.132. The van der Waals surface area contributed by atoms with Gasteiger partial charge in [0.15, 0.2) is 11.7 Å². The smallest absolute Gasteiger partial charge is 0.245 e. The Balaban J connectivity index is 1.95. The lowest BCUT2D eigenvalue weighted by Gasteiger charge is -2.11. The number of amides is 1. The van der Waals surface area contributed by atoms with Gasteiger partial charge in [0.2, 0.25) is 5.91 Å². The van der Waals surface area contributed by atoms with Gasteiger partial charge in [0.25, 0.3) is 0 Å². The van der Waals surface area contributed by atoms with Gasteiger partial charge in [0, 0.05) is 18.7 Å². The molecule has 0 fully saturated rings. The molecule has 0 aromatic heterocycles. The zero-order valence-corrected chi connectivity index (χ0v) is 15.6. The molecule has 0 aliphatic carbocycles. The Hall–Kier alpha value is -2.97. The third-order valence-electron chi connectivity index (χ3n) is 4.00. The fourth-order valence-corrected chi connectivity index (χ4v) is 2.57. The number of nitrogens with zero attached hydrogens (tertiary/aromatic N) is 1. The summed E-state index contributed by atoms with van der Waals surface area (Å²) in [6, 6.07) is 18.5. The number of nitriles is 1. The molecule has 0 heterocycles. The zero-order chi connectivity index (χ0) is 19.6. The predicted molar refractivity (Wildman–Crippen MR) is 104 cm³/mol. The van der Waals surface area contributed by atoms with Crippen molar-refractivity contribution in [2.75, 3.05) is 13.2 Å². The largest absolute Gasteiger partial charge is 0.379 e. The predicted octanol–water partition coefficient (Wildman–Crippen LogP) is 3.61. The van der Waals surface area contributed by atoms with E-state index in [4.69, 9.17) is 4.74 Å². The SMILES string of the molecule is CC(C)OCCCNC(=O)C(C#N)C(=O)c1ccc(-c2ccccc2)cc1. The average Bonchev–Trinajstić information content (AvgIpc) is 2.68. The summed E-state index contributed by atoms with van der Waals surface area (Å²) in [5, 5.41) is 11.9. The van der Waals surface area contributed by atoms with Crippen molar-refractivity contribution >= 4 is 11.7 Å². The molecule has 140 valence electrons. The van der Waals surface area contributed by atoms with Crippen molar-refractivity contribution in [2.45, 2.75) is 26.4 Å². The van der Waals surface area contributed by atoms with Crippen LogP contribution in [0.4, 0.5) is 0 Å². The molecule has 0 saturated carbocycles. The summed E-state index contributed by atoms with van der Waals surface area (Å²) in [6.45, 7) is 4.76. The Bertz CT molecular complexity index is 793. The van der Waals surface area contributed by atoms with Crippen molar-refractivity contribution in [3.63, 3.8) is 0 Å². The lowest BCUT2D eigenvalue weighted by atomic mass is 9.96. The highest BCUT2D eigenvalue weighted by Gasteiger charge is 2.27. The van der Waals surface area contributed by atoms with Crippen LogP contribution in [0.5, 0.6) is 0 Å².